The maximum Gasteiger partial charge on any atom is 0.180 e. The lowest BCUT2D eigenvalue weighted by Gasteiger charge is -2.34. The number of rotatable bonds is 7. The van der Waals surface area contributed by atoms with Crippen LogP contribution in [-0.4, -0.2) is 40.6 Å². The fourth-order valence-corrected chi connectivity index (χ4v) is 4.86. The first kappa shape index (κ1) is 22.3. The summed E-state index contributed by atoms with van der Waals surface area (Å²) in [6.45, 7) is 0.550. The molecule has 4 N–H and O–H groups in total. The van der Waals surface area contributed by atoms with Crippen molar-refractivity contribution in [2.24, 2.45) is 0 Å². The number of hydrogen-bond acceptors (Lipinski definition) is 4. The van der Waals surface area contributed by atoms with Crippen LogP contribution in [0.15, 0.2) is 54.7 Å². The van der Waals surface area contributed by atoms with Crippen LogP contribution in [0.25, 0.3) is 10.9 Å². The minimum atomic E-state index is -0.411. The van der Waals surface area contributed by atoms with Crippen LogP contribution in [0.1, 0.15) is 54.5 Å². The van der Waals surface area contributed by atoms with Crippen LogP contribution >= 0.6 is 12.2 Å². The highest BCUT2D eigenvalue weighted by atomic mass is 32.1. The molecule has 2 aliphatic rings. The van der Waals surface area contributed by atoms with Gasteiger partial charge in [-0.15, -0.1) is 0 Å². The Morgan fingerprint density at radius 3 is 2.67 bits per heavy atom. The van der Waals surface area contributed by atoms with Gasteiger partial charge in [-0.2, -0.15) is 0 Å². The number of aromatic nitrogens is 1. The normalized spacial score (nSPS) is 22.9. The molecule has 1 saturated heterocycles. The predicted molar refractivity (Wildman–Crippen MR) is 135 cm³/mol. The Labute approximate surface area is 200 Å². The number of ether oxygens (including phenoxy) is 1. The number of benzene rings is 2. The lowest BCUT2D eigenvalue weighted by Crippen LogP contribution is -2.48. The zero-order chi connectivity index (χ0) is 22.8. The van der Waals surface area contributed by atoms with Crippen molar-refractivity contribution in [3.63, 3.8) is 0 Å². The SMILES string of the molecule is CNC(=S)NNCC1CC(O)CC(n2cc(Cc3ccc(C4CC4)cc3)c3ccccc32)O1. The third-order valence-corrected chi connectivity index (χ3v) is 6.98. The second-order valence-corrected chi connectivity index (χ2v) is 9.60. The molecule has 6 nitrogen and oxygen atoms in total. The van der Waals surface area contributed by atoms with Crippen molar-refractivity contribution >= 4 is 28.2 Å². The summed E-state index contributed by atoms with van der Waals surface area (Å²) >= 11 is 5.10. The Morgan fingerprint density at radius 2 is 1.91 bits per heavy atom. The van der Waals surface area contributed by atoms with Crippen LogP contribution in [0.2, 0.25) is 0 Å². The molecule has 0 radical (unpaired) electrons. The van der Waals surface area contributed by atoms with E-state index in [2.05, 4.69) is 75.5 Å². The molecule has 1 saturated carbocycles. The van der Waals surface area contributed by atoms with Gasteiger partial charge in [0.05, 0.1) is 17.7 Å². The molecule has 1 aliphatic heterocycles. The summed E-state index contributed by atoms with van der Waals surface area (Å²) in [5.41, 5.74) is 11.2. The summed E-state index contributed by atoms with van der Waals surface area (Å²) in [7, 11) is 1.77. The molecule has 2 aromatic carbocycles. The van der Waals surface area contributed by atoms with E-state index in [-0.39, 0.29) is 12.3 Å². The molecular weight excluding hydrogens is 432 g/mol. The molecule has 33 heavy (non-hydrogen) atoms. The van der Waals surface area contributed by atoms with Gasteiger partial charge in [-0.25, -0.2) is 5.43 Å². The molecule has 5 rings (SSSR count). The summed E-state index contributed by atoms with van der Waals surface area (Å²) < 4.78 is 8.61. The van der Waals surface area contributed by atoms with Crippen molar-refractivity contribution in [1.29, 1.82) is 0 Å². The fourth-order valence-electron chi connectivity index (χ4n) is 4.78. The molecule has 174 valence electrons. The molecule has 7 heteroatoms. The van der Waals surface area contributed by atoms with E-state index in [1.807, 2.05) is 0 Å². The lowest BCUT2D eigenvalue weighted by atomic mass is 10.0. The second-order valence-electron chi connectivity index (χ2n) is 9.19. The smallest absolute Gasteiger partial charge is 0.180 e. The standard InChI is InChI=1S/C26H32N4O2S/c1-27-26(33)29-28-15-22-13-21(31)14-25(32-22)30-16-20(23-4-2-3-5-24(23)30)12-17-6-8-18(9-7-17)19-10-11-19/h2-9,16,19,21-22,25,28,31H,10-15H2,1H3,(H2,27,29,33). The van der Waals surface area contributed by atoms with E-state index < -0.39 is 6.10 Å². The van der Waals surface area contributed by atoms with Crippen molar-refractivity contribution in [3.8, 4) is 0 Å². The molecule has 1 aromatic heterocycles. The van der Waals surface area contributed by atoms with E-state index in [1.54, 1.807) is 7.05 Å². The topological polar surface area (TPSA) is 70.5 Å². The maximum absolute atomic E-state index is 10.6. The van der Waals surface area contributed by atoms with E-state index >= 15 is 0 Å². The van der Waals surface area contributed by atoms with Gasteiger partial charge in [0, 0.05) is 38.0 Å². The number of hydrogen-bond donors (Lipinski definition) is 4. The molecule has 0 spiro atoms. The van der Waals surface area contributed by atoms with E-state index in [9.17, 15) is 5.11 Å². The predicted octanol–water partition coefficient (Wildman–Crippen LogP) is 3.75. The van der Waals surface area contributed by atoms with Crippen LogP contribution in [-0.2, 0) is 11.2 Å². The molecule has 1 aliphatic carbocycles. The van der Waals surface area contributed by atoms with Gasteiger partial charge >= 0.3 is 0 Å². The molecule has 3 unspecified atom stereocenters. The average molecular weight is 465 g/mol. The van der Waals surface area contributed by atoms with Gasteiger partial charge in [0.15, 0.2) is 5.11 Å². The van der Waals surface area contributed by atoms with Crippen LogP contribution in [0.4, 0.5) is 0 Å². The van der Waals surface area contributed by atoms with Gasteiger partial charge in [-0.1, -0.05) is 42.5 Å². The number of hydrazine groups is 1. The number of aliphatic hydroxyl groups is 1. The number of aliphatic hydroxyl groups excluding tert-OH is 1. The van der Waals surface area contributed by atoms with Gasteiger partial charge in [0.2, 0.25) is 0 Å². The average Bonchev–Trinajstić information content (AvgIpc) is 3.61. The molecular formula is C26H32N4O2S. The first-order valence-corrected chi connectivity index (χ1v) is 12.2. The highest BCUT2D eigenvalue weighted by molar-refractivity contribution is 7.80. The van der Waals surface area contributed by atoms with E-state index in [0.29, 0.717) is 24.5 Å². The third-order valence-electron chi connectivity index (χ3n) is 6.67. The fraction of sp³-hybridized carbons (Fsp3) is 0.423. The van der Waals surface area contributed by atoms with Gasteiger partial charge in [0.25, 0.3) is 0 Å². The Hall–Kier alpha value is -2.45. The zero-order valence-corrected chi connectivity index (χ0v) is 19.8. The van der Waals surface area contributed by atoms with Crippen LogP contribution in [0.3, 0.4) is 0 Å². The van der Waals surface area contributed by atoms with Crippen molar-refractivity contribution in [1.82, 2.24) is 20.7 Å². The summed E-state index contributed by atoms with van der Waals surface area (Å²) in [4.78, 5) is 0. The summed E-state index contributed by atoms with van der Waals surface area (Å²) in [5.74, 6) is 0.780. The summed E-state index contributed by atoms with van der Waals surface area (Å²) in [6, 6.07) is 17.6. The van der Waals surface area contributed by atoms with Crippen molar-refractivity contribution in [2.75, 3.05) is 13.6 Å². The number of thiocarbonyl (C=S) groups is 1. The van der Waals surface area contributed by atoms with Gasteiger partial charge in [-0.05, 0) is 60.2 Å². The minimum absolute atomic E-state index is 0.120. The largest absolute Gasteiger partial charge is 0.393 e. The highest BCUT2D eigenvalue weighted by Crippen LogP contribution is 2.40. The third kappa shape index (κ3) is 5.22. The molecule has 0 bridgehead atoms. The number of para-hydroxylation sites is 1. The minimum Gasteiger partial charge on any atom is -0.393 e. The summed E-state index contributed by atoms with van der Waals surface area (Å²) in [5, 5.41) is 15.2. The number of fused-ring (bicyclic) bond motifs is 1. The van der Waals surface area contributed by atoms with Crippen molar-refractivity contribution < 1.29 is 9.84 Å². The van der Waals surface area contributed by atoms with Crippen LogP contribution in [0.5, 0.6) is 0 Å². The van der Waals surface area contributed by atoms with Crippen molar-refractivity contribution in [2.45, 2.75) is 56.5 Å². The van der Waals surface area contributed by atoms with E-state index in [4.69, 9.17) is 17.0 Å². The van der Waals surface area contributed by atoms with Gasteiger partial charge in [0.1, 0.15) is 6.23 Å². The Kier molecular flexibility index (Phi) is 6.64. The monoisotopic (exact) mass is 464 g/mol. The van der Waals surface area contributed by atoms with Crippen LogP contribution in [0, 0.1) is 0 Å². The lowest BCUT2D eigenvalue weighted by molar-refractivity contribution is -0.125. The Bertz CT molecular complexity index is 1110. The molecule has 0 amide bonds. The van der Waals surface area contributed by atoms with Gasteiger partial charge in [-0.3, -0.25) is 5.43 Å². The van der Waals surface area contributed by atoms with Crippen LogP contribution < -0.4 is 16.2 Å². The summed E-state index contributed by atoms with van der Waals surface area (Å²) in [6.07, 6.45) is 6.17. The first-order chi connectivity index (χ1) is 16.1. The highest BCUT2D eigenvalue weighted by Gasteiger charge is 2.30. The molecule has 3 aromatic rings. The molecule has 3 atom stereocenters. The zero-order valence-electron chi connectivity index (χ0n) is 19.0. The van der Waals surface area contributed by atoms with Gasteiger partial charge < -0.3 is 19.7 Å². The Balaban J connectivity index is 1.34. The van der Waals surface area contributed by atoms with Crippen molar-refractivity contribution in [3.05, 3.63) is 71.4 Å². The quantitative estimate of drug-likeness (QED) is 0.315. The molecule has 2 heterocycles. The number of nitrogens with one attached hydrogen (secondary N) is 3. The second kappa shape index (κ2) is 9.81. The first-order valence-electron chi connectivity index (χ1n) is 11.8. The van der Waals surface area contributed by atoms with E-state index in [0.717, 1.165) is 17.9 Å². The Morgan fingerprint density at radius 1 is 1.12 bits per heavy atom. The maximum atomic E-state index is 10.6. The number of nitrogens with zero attached hydrogens (tertiary/aromatic N) is 1. The molecule has 2 fully saturated rings. The van der Waals surface area contributed by atoms with E-state index in [1.165, 1.54) is 34.9 Å².